The molecule has 0 aliphatic heterocycles. The van der Waals surface area contributed by atoms with Crippen LogP contribution in [-0.4, -0.2) is 21.4 Å². The fourth-order valence-corrected chi connectivity index (χ4v) is 4.48. The van der Waals surface area contributed by atoms with E-state index in [9.17, 15) is 4.79 Å². The van der Waals surface area contributed by atoms with Crippen molar-refractivity contribution in [3.05, 3.63) is 83.0 Å². The van der Waals surface area contributed by atoms with Gasteiger partial charge in [-0.25, -0.2) is 9.78 Å². The lowest BCUT2D eigenvalue weighted by Gasteiger charge is -2.24. The van der Waals surface area contributed by atoms with E-state index >= 15 is 0 Å². The van der Waals surface area contributed by atoms with Gasteiger partial charge in [0, 0.05) is 22.8 Å². The number of aryl methyl sites for hydroxylation is 1. The topological polar surface area (TPSA) is 55.6 Å². The average Bonchev–Trinajstić information content (AvgIpc) is 3.18. The molecule has 1 N–H and O–H groups in total. The van der Waals surface area contributed by atoms with Crippen LogP contribution in [0.2, 0.25) is 5.02 Å². The van der Waals surface area contributed by atoms with E-state index in [-0.39, 0.29) is 0 Å². The van der Waals surface area contributed by atoms with Crippen molar-refractivity contribution in [1.29, 1.82) is 0 Å². The van der Waals surface area contributed by atoms with E-state index in [0.29, 0.717) is 22.4 Å². The number of nitrogens with one attached hydrogen (secondary N) is 1. The first-order valence-corrected chi connectivity index (χ1v) is 11.8. The third-order valence-electron chi connectivity index (χ3n) is 6.15. The number of pyridine rings is 1. The van der Waals surface area contributed by atoms with Crippen LogP contribution in [0, 0.1) is 6.92 Å². The van der Waals surface area contributed by atoms with E-state index in [2.05, 4.69) is 35.0 Å². The Labute approximate surface area is 198 Å². The number of hydrogen-bond donors (Lipinski definition) is 1. The Morgan fingerprint density at radius 3 is 2.48 bits per heavy atom. The summed E-state index contributed by atoms with van der Waals surface area (Å²) in [7, 11) is 0. The minimum Gasteiger partial charge on any atom is -0.423 e. The van der Waals surface area contributed by atoms with Gasteiger partial charge < -0.3 is 10.1 Å². The molecule has 33 heavy (non-hydrogen) atoms. The number of esters is 1. The molecule has 0 saturated heterocycles. The number of carbonyl (C=O) groups is 1. The molecule has 1 aliphatic carbocycles. The maximum Gasteiger partial charge on any atom is 0.343 e. The molecule has 4 aromatic rings. The zero-order chi connectivity index (χ0) is 22.8. The molecule has 0 amide bonds. The van der Waals surface area contributed by atoms with Gasteiger partial charge in [0.25, 0.3) is 0 Å². The largest absolute Gasteiger partial charge is 0.423 e. The summed E-state index contributed by atoms with van der Waals surface area (Å²) >= 11 is 5.90. The zero-order valence-corrected chi connectivity index (χ0v) is 19.3. The average molecular weight is 460 g/mol. The molecule has 0 spiro atoms. The molecule has 2 aromatic heterocycles. The Hall–Kier alpha value is -3.31. The summed E-state index contributed by atoms with van der Waals surface area (Å²) < 4.78 is 7.66. The second-order valence-electron chi connectivity index (χ2n) is 8.64. The summed E-state index contributed by atoms with van der Waals surface area (Å²) in [5.74, 6) is 1.09. The number of aromatic nitrogens is 2. The molecule has 0 radical (unpaired) electrons. The quantitative estimate of drug-likeness (QED) is 0.260. The number of halogens is 1. The Kier molecular flexibility index (Phi) is 6.05. The van der Waals surface area contributed by atoms with E-state index in [1.165, 1.54) is 37.7 Å². The summed E-state index contributed by atoms with van der Waals surface area (Å²) in [4.78, 5) is 17.4. The fourth-order valence-electron chi connectivity index (χ4n) is 4.36. The van der Waals surface area contributed by atoms with Gasteiger partial charge in [0.15, 0.2) is 0 Å². The highest BCUT2D eigenvalue weighted by Gasteiger charge is 2.20. The molecular formula is C27H26ClN3O2. The monoisotopic (exact) mass is 459 g/mol. The van der Waals surface area contributed by atoms with E-state index < -0.39 is 5.97 Å². The summed E-state index contributed by atoms with van der Waals surface area (Å²) in [6.45, 7) is 2.08. The van der Waals surface area contributed by atoms with E-state index in [0.717, 1.165) is 22.7 Å². The van der Waals surface area contributed by atoms with Gasteiger partial charge in [0.2, 0.25) is 0 Å². The van der Waals surface area contributed by atoms with Crippen LogP contribution in [0.5, 0.6) is 5.75 Å². The molecule has 5 rings (SSSR count). The number of ether oxygens (including phenoxy) is 1. The van der Waals surface area contributed by atoms with Crippen molar-refractivity contribution in [2.24, 2.45) is 0 Å². The number of hydrogen-bond acceptors (Lipinski definition) is 4. The highest BCUT2D eigenvalue weighted by Crippen LogP contribution is 2.32. The standard InChI is InChI=1S/C27H26ClN3O2/c1-18-15-16-31-24(17-18)30-25(26(31)29-22-5-3-2-4-6-22)19-9-13-23(14-10-19)33-27(32)20-7-11-21(28)12-8-20/h7-17,22,29H,2-6H2,1H3. The van der Waals surface area contributed by atoms with Crippen LogP contribution in [-0.2, 0) is 0 Å². The lowest BCUT2D eigenvalue weighted by molar-refractivity contribution is 0.0735. The zero-order valence-electron chi connectivity index (χ0n) is 18.6. The molecule has 0 unspecified atom stereocenters. The lowest BCUT2D eigenvalue weighted by Crippen LogP contribution is -2.23. The van der Waals surface area contributed by atoms with E-state index in [1.807, 2.05) is 24.3 Å². The minimum absolute atomic E-state index is 0.415. The summed E-state index contributed by atoms with van der Waals surface area (Å²) in [6.07, 6.45) is 8.27. The van der Waals surface area contributed by atoms with Crippen molar-refractivity contribution in [1.82, 2.24) is 9.38 Å². The van der Waals surface area contributed by atoms with Gasteiger partial charge in [-0.2, -0.15) is 0 Å². The van der Waals surface area contributed by atoms with Crippen molar-refractivity contribution in [2.75, 3.05) is 5.32 Å². The Bertz CT molecular complexity index is 1270. The normalized spacial score (nSPS) is 14.4. The smallest absolute Gasteiger partial charge is 0.343 e. The van der Waals surface area contributed by atoms with Crippen molar-refractivity contribution in [3.63, 3.8) is 0 Å². The van der Waals surface area contributed by atoms with Gasteiger partial charge in [0.05, 0.1) is 5.56 Å². The molecule has 5 nitrogen and oxygen atoms in total. The SMILES string of the molecule is Cc1ccn2c(NC3CCCCC3)c(-c3ccc(OC(=O)c4ccc(Cl)cc4)cc3)nc2c1. The fraction of sp³-hybridized carbons (Fsp3) is 0.259. The van der Waals surface area contributed by atoms with Crippen molar-refractivity contribution in [2.45, 2.75) is 45.1 Å². The minimum atomic E-state index is -0.415. The lowest BCUT2D eigenvalue weighted by atomic mass is 9.95. The highest BCUT2D eigenvalue weighted by atomic mass is 35.5. The van der Waals surface area contributed by atoms with Gasteiger partial charge in [-0.15, -0.1) is 0 Å². The number of nitrogens with zero attached hydrogens (tertiary/aromatic N) is 2. The van der Waals surface area contributed by atoms with E-state index in [4.69, 9.17) is 21.3 Å². The first kappa shape index (κ1) is 21.5. The van der Waals surface area contributed by atoms with Crippen LogP contribution in [0.1, 0.15) is 48.0 Å². The second-order valence-corrected chi connectivity index (χ2v) is 9.08. The Balaban J connectivity index is 1.42. The van der Waals surface area contributed by atoms with Gasteiger partial charge in [0.1, 0.15) is 22.9 Å². The van der Waals surface area contributed by atoms with Crippen LogP contribution in [0.4, 0.5) is 5.82 Å². The van der Waals surface area contributed by atoms with Gasteiger partial charge >= 0.3 is 5.97 Å². The first-order valence-electron chi connectivity index (χ1n) is 11.4. The third kappa shape index (κ3) is 4.74. The number of benzene rings is 2. The number of anilines is 1. The molecule has 6 heteroatoms. The van der Waals surface area contributed by atoms with Crippen LogP contribution in [0.15, 0.2) is 66.9 Å². The van der Waals surface area contributed by atoms with Crippen molar-refractivity contribution < 1.29 is 9.53 Å². The van der Waals surface area contributed by atoms with Gasteiger partial charge in [-0.05, 0) is 86.0 Å². The number of carbonyl (C=O) groups excluding carboxylic acids is 1. The molecule has 1 aliphatic rings. The Morgan fingerprint density at radius 2 is 1.76 bits per heavy atom. The predicted molar refractivity (Wildman–Crippen MR) is 132 cm³/mol. The highest BCUT2D eigenvalue weighted by molar-refractivity contribution is 6.30. The molecule has 0 atom stereocenters. The number of imidazole rings is 1. The molecule has 2 heterocycles. The van der Waals surface area contributed by atoms with Crippen LogP contribution < -0.4 is 10.1 Å². The molecule has 168 valence electrons. The Morgan fingerprint density at radius 1 is 1.03 bits per heavy atom. The van der Waals surface area contributed by atoms with Crippen LogP contribution in [0.3, 0.4) is 0 Å². The van der Waals surface area contributed by atoms with Gasteiger partial charge in [-0.1, -0.05) is 30.9 Å². The summed E-state index contributed by atoms with van der Waals surface area (Å²) in [5, 5.41) is 4.35. The summed E-state index contributed by atoms with van der Waals surface area (Å²) in [6, 6.07) is 18.8. The molecule has 1 fully saturated rings. The molecular weight excluding hydrogens is 434 g/mol. The first-order chi connectivity index (χ1) is 16.1. The molecule has 0 bridgehead atoms. The maximum absolute atomic E-state index is 12.4. The number of rotatable bonds is 5. The summed E-state index contributed by atoms with van der Waals surface area (Å²) in [5.41, 5.74) is 4.43. The van der Waals surface area contributed by atoms with Crippen LogP contribution in [0.25, 0.3) is 16.9 Å². The maximum atomic E-state index is 12.4. The van der Waals surface area contributed by atoms with Crippen LogP contribution >= 0.6 is 11.6 Å². The van der Waals surface area contributed by atoms with E-state index in [1.54, 1.807) is 24.3 Å². The number of fused-ring (bicyclic) bond motifs is 1. The molecule has 1 saturated carbocycles. The van der Waals surface area contributed by atoms with Gasteiger partial charge in [-0.3, -0.25) is 4.40 Å². The van der Waals surface area contributed by atoms with Crippen molar-refractivity contribution in [3.8, 4) is 17.0 Å². The third-order valence-corrected chi connectivity index (χ3v) is 6.40. The van der Waals surface area contributed by atoms with Crippen molar-refractivity contribution >= 4 is 29.0 Å². The molecule has 2 aromatic carbocycles. The second kappa shape index (κ2) is 9.28. The predicted octanol–water partition coefficient (Wildman–Crippen LogP) is 6.93.